The van der Waals surface area contributed by atoms with Crippen molar-refractivity contribution in [1.82, 2.24) is 0 Å². The number of aliphatic imine (C=N–C) groups is 2. The van der Waals surface area contributed by atoms with Crippen LogP contribution >= 0.6 is 0 Å². The summed E-state index contributed by atoms with van der Waals surface area (Å²) >= 11 is 0. The molecule has 1 atom stereocenters. The van der Waals surface area contributed by atoms with Crippen molar-refractivity contribution in [1.29, 1.82) is 0 Å². The second-order valence-corrected chi connectivity index (χ2v) is 4.97. The highest BCUT2D eigenvalue weighted by atomic mass is 14.8. The fourth-order valence-electron chi connectivity index (χ4n) is 2.43. The van der Waals surface area contributed by atoms with E-state index in [2.05, 4.69) is 49.8 Å². The standard InChI is InChI=1S/C16H22N2/c1-5-11(3)14-10-16-15(9-13(14)6-2)12(4)17-7-8-18-16/h8-11H,5-7H2,1-4H3. The average molecular weight is 242 g/mol. The van der Waals surface area contributed by atoms with Crippen LogP contribution in [0.1, 0.15) is 56.7 Å². The molecule has 0 amide bonds. The van der Waals surface area contributed by atoms with Crippen molar-refractivity contribution in [3.8, 4) is 0 Å². The van der Waals surface area contributed by atoms with Crippen LogP contribution in [-0.4, -0.2) is 18.5 Å². The lowest BCUT2D eigenvalue weighted by atomic mass is 9.89. The van der Waals surface area contributed by atoms with Gasteiger partial charge in [-0.2, -0.15) is 0 Å². The van der Waals surface area contributed by atoms with E-state index in [4.69, 9.17) is 0 Å². The van der Waals surface area contributed by atoms with E-state index in [1.165, 1.54) is 23.1 Å². The maximum Gasteiger partial charge on any atom is 0.0745 e. The molecule has 0 fully saturated rings. The first-order valence-electron chi connectivity index (χ1n) is 6.88. The minimum Gasteiger partial charge on any atom is -0.284 e. The normalized spacial score (nSPS) is 15.9. The largest absolute Gasteiger partial charge is 0.284 e. The van der Waals surface area contributed by atoms with Crippen LogP contribution in [0.3, 0.4) is 0 Å². The molecule has 0 saturated carbocycles. The van der Waals surface area contributed by atoms with Gasteiger partial charge in [0.25, 0.3) is 0 Å². The Hall–Kier alpha value is -1.44. The Labute approximate surface area is 110 Å². The van der Waals surface area contributed by atoms with Crippen LogP contribution in [0.5, 0.6) is 0 Å². The Morgan fingerprint density at radius 2 is 2.06 bits per heavy atom. The minimum absolute atomic E-state index is 0.598. The predicted molar refractivity (Wildman–Crippen MR) is 79.8 cm³/mol. The molecule has 0 bridgehead atoms. The van der Waals surface area contributed by atoms with E-state index >= 15 is 0 Å². The van der Waals surface area contributed by atoms with E-state index in [1.807, 2.05) is 6.21 Å². The van der Waals surface area contributed by atoms with Gasteiger partial charge in [-0.05, 0) is 48.9 Å². The Morgan fingerprint density at radius 1 is 1.28 bits per heavy atom. The van der Waals surface area contributed by atoms with Gasteiger partial charge in [-0.25, -0.2) is 0 Å². The molecule has 1 aromatic carbocycles. The summed E-state index contributed by atoms with van der Waals surface area (Å²) in [5.74, 6) is 0.598. The van der Waals surface area contributed by atoms with Crippen LogP contribution in [0.4, 0.5) is 5.69 Å². The fourth-order valence-corrected chi connectivity index (χ4v) is 2.43. The monoisotopic (exact) mass is 242 g/mol. The highest BCUT2D eigenvalue weighted by Gasteiger charge is 2.15. The molecule has 2 nitrogen and oxygen atoms in total. The van der Waals surface area contributed by atoms with Gasteiger partial charge in [-0.3, -0.25) is 9.98 Å². The second-order valence-electron chi connectivity index (χ2n) is 4.97. The fraction of sp³-hybridized carbons (Fsp3) is 0.500. The van der Waals surface area contributed by atoms with Gasteiger partial charge in [0.2, 0.25) is 0 Å². The molecule has 1 heterocycles. The third kappa shape index (κ3) is 2.38. The molecule has 0 aromatic heterocycles. The second kappa shape index (κ2) is 5.47. The number of hydrogen-bond acceptors (Lipinski definition) is 2. The lowest BCUT2D eigenvalue weighted by Crippen LogP contribution is -2.02. The Bertz CT molecular complexity index is 498. The van der Waals surface area contributed by atoms with Crippen molar-refractivity contribution >= 4 is 17.6 Å². The molecule has 0 N–H and O–H groups in total. The molecule has 2 heteroatoms. The highest BCUT2D eigenvalue weighted by Crippen LogP contribution is 2.31. The molecular weight excluding hydrogens is 220 g/mol. The minimum atomic E-state index is 0.598. The average Bonchev–Trinajstić information content (AvgIpc) is 2.58. The van der Waals surface area contributed by atoms with Crippen molar-refractivity contribution < 1.29 is 0 Å². The Morgan fingerprint density at radius 3 is 2.72 bits per heavy atom. The van der Waals surface area contributed by atoms with Crippen LogP contribution in [0.2, 0.25) is 0 Å². The summed E-state index contributed by atoms with van der Waals surface area (Å²) in [5, 5.41) is 0. The van der Waals surface area contributed by atoms with Crippen molar-refractivity contribution in [3.05, 3.63) is 28.8 Å². The number of nitrogens with zero attached hydrogens (tertiary/aromatic N) is 2. The summed E-state index contributed by atoms with van der Waals surface area (Å²) in [6.07, 6.45) is 4.15. The molecule has 1 unspecified atom stereocenters. The lowest BCUT2D eigenvalue weighted by Gasteiger charge is -2.17. The van der Waals surface area contributed by atoms with Gasteiger partial charge < -0.3 is 0 Å². The summed E-state index contributed by atoms with van der Waals surface area (Å²) in [6, 6.07) is 4.56. The van der Waals surface area contributed by atoms with Crippen molar-refractivity contribution in [2.75, 3.05) is 6.54 Å². The maximum atomic E-state index is 4.55. The SMILES string of the molecule is CCc1cc2c(cc1C(C)CC)N=CCN=C2C. The summed E-state index contributed by atoms with van der Waals surface area (Å²) in [5.41, 5.74) is 6.28. The van der Waals surface area contributed by atoms with Crippen molar-refractivity contribution in [3.63, 3.8) is 0 Å². The number of benzene rings is 1. The third-order valence-electron chi connectivity index (χ3n) is 3.81. The van der Waals surface area contributed by atoms with Gasteiger partial charge in [-0.15, -0.1) is 0 Å². The van der Waals surface area contributed by atoms with E-state index in [0.717, 1.165) is 17.8 Å². The smallest absolute Gasteiger partial charge is 0.0745 e. The number of fused-ring (bicyclic) bond motifs is 1. The molecule has 18 heavy (non-hydrogen) atoms. The Kier molecular flexibility index (Phi) is 3.95. The Balaban J connectivity index is 2.59. The molecule has 1 aliphatic rings. The van der Waals surface area contributed by atoms with Gasteiger partial charge in [0, 0.05) is 17.5 Å². The molecule has 0 spiro atoms. The summed E-state index contributed by atoms with van der Waals surface area (Å²) in [6.45, 7) is 9.53. The number of hydrogen-bond donors (Lipinski definition) is 0. The van der Waals surface area contributed by atoms with Crippen LogP contribution in [0.15, 0.2) is 22.1 Å². The highest BCUT2D eigenvalue weighted by molar-refractivity contribution is 6.05. The van der Waals surface area contributed by atoms with Gasteiger partial charge in [0.1, 0.15) is 0 Å². The van der Waals surface area contributed by atoms with Crippen molar-refractivity contribution in [2.45, 2.75) is 46.5 Å². The lowest BCUT2D eigenvalue weighted by molar-refractivity contribution is 0.723. The molecule has 2 rings (SSSR count). The molecule has 0 saturated heterocycles. The zero-order chi connectivity index (χ0) is 13.1. The zero-order valence-corrected chi connectivity index (χ0v) is 11.8. The van der Waals surface area contributed by atoms with E-state index in [1.54, 1.807) is 0 Å². The molecule has 0 radical (unpaired) electrons. The zero-order valence-electron chi connectivity index (χ0n) is 11.8. The third-order valence-corrected chi connectivity index (χ3v) is 3.81. The topological polar surface area (TPSA) is 24.7 Å². The summed E-state index contributed by atoms with van der Waals surface area (Å²) < 4.78 is 0. The van der Waals surface area contributed by atoms with E-state index < -0.39 is 0 Å². The number of rotatable bonds is 3. The summed E-state index contributed by atoms with van der Waals surface area (Å²) in [4.78, 5) is 9.05. The molecule has 96 valence electrons. The number of aryl methyl sites for hydroxylation is 1. The van der Waals surface area contributed by atoms with E-state index in [9.17, 15) is 0 Å². The van der Waals surface area contributed by atoms with Crippen LogP contribution in [-0.2, 0) is 6.42 Å². The molecular formula is C16H22N2. The van der Waals surface area contributed by atoms with Crippen molar-refractivity contribution in [2.24, 2.45) is 9.98 Å². The van der Waals surface area contributed by atoms with Crippen LogP contribution in [0, 0.1) is 0 Å². The molecule has 1 aliphatic heterocycles. The quantitative estimate of drug-likeness (QED) is 0.755. The van der Waals surface area contributed by atoms with Gasteiger partial charge in [0.15, 0.2) is 0 Å². The van der Waals surface area contributed by atoms with Crippen LogP contribution < -0.4 is 0 Å². The maximum absolute atomic E-state index is 4.55. The van der Waals surface area contributed by atoms with Gasteiger partial charge in [-0.1, -0.05) is 20.8 Å². The summed E-state index contributed by atoms with van der Waals surface area (Å²) in [7, 11) is 0. The van der Waals surface area contributed by atoms with E-state index in [0.29, 0.717) is 12.5 Å². The van der Waals surface area contributed by atoms with Gasteiger partial charge >= 0.3 is 0 Å². The first-order valence-corrected chi connectivity index (χ1v) is 6.88. The molecule has 0 aliphatic carbocycles. The van der Waals surface area contributed by atoms with E-state index in [-0.39, 0.29) is 0 Å². The van der Waals surface area contributed by atoms with Gasteiger partial charge in [0.05, 0.1) is 12.2 Å². The first-order chi connectivity index (χ1) is 8.67. The predicted octanol–water partition coefficient (Wildman–Crippen LogP) is 4.29. The van der Waals surface area contributed by atoms with Crippen LogP contribution in [0.25, 0.3) is 0 Å². The first kappa shape index (κ1) is 13.0. The molecule has 1 aromatic rings.